The number of amides is 5. The monoisotopic (exact) mass is 886 g/mol. The summed E-state index contributed by atoms with van der Waals surface area (Å²) in [4.78, 5) is 75.0. The second kappa shape index (κ2) is 19.5. The van der Waals surface area contributed by atoms with Crippen LogP contribution in [0.4, 0.5) is 30.4 Å². The standard InChI is InChI=1S/C46H53F3N8O7/c1-26(28-19-29(46(47,48)49)21-30(50)20-28)52-42-35-23-39(38(63-3)24-36(35)53-27(2)54-42)64-32-16-18-56(25-32)41(59)11-9-7-5-4-6-8-10-17-51-31-12-13-33-34(22-31)45(62)57(44(33)61)37-14-15-40(58)55-43(37)60/h12-13,19-24,26,32,37,51H,4-11,14-18,25,50H2,1-3H3,(H,52,53,54)(H,55,58,60)/t26-,32+,37?/m1/s1. The van der Waals surface area contributed by atoms with E-state index in [9.17, 15) is 37.1 Å². The number of benzene rings is 3. The molecule has 5 amide bonds. The number of methoxy groups -OCH3 is 1. The van der Waals surface area contributed by atoms with Gasteiger partial charge in [-0.2, -0.15) is 13.2 Å². The molecule has 4 heterocycles. The molecule has 0 bridgehead atoms. The number of halogens is 3. The van der Waals surface area contributed by atoms with Gasteiger partial charge >= 0.3 is 6.18 Å². The van der Waals surface area contributed by atoms with Gasteiger partial charge in [0, 0.05) is 55.2 Å². The Morgan fingerprint density at radius 2 is 1.66 bits per heavy atom. The quantitative estimate of drug-likeness (QED) is 0.0442. The van der Waals surface area contributed by atoms with E-state index in [2.05, 4.69) is 25.9 Å². The average molecular weight is 887 g/mol. The number of hydrogen-bond donors (Lipinski definition) is 4. The molecule has 64 heavy (non-hydrogen) atoms. The summed E-state index contributed by atoms with van der Waals surface area (Å²) in [5.41, 5.74) is 7.11. The minimum Gasteiger partial charge on any atom is -0.493 e. The number of aryl methyl sites for hydroxylation is 1. The SMILES string of the molecule is COc1cc2nc(C)nc(N[C@H](C)c3cc(N)cc(C(F)(F)F)c3)c2cc1O[C@H]1CCN(C(=O)CCCCCCCCCNc2ccc3c(c2)C(=O)N(C2CCC(=O)NC2=O)C3=O)C1. The number of ether oxygens (including phenoxy) is 2. The first-order valence-electron chi connectivity index (χ1n) is 21.7. The van der Waals surface area contributed by atoms with Crippen molar-refractivity contribution >= 4 is 57.6 Å². The number of nitrogens with zero attached hydrogens (tertiary/aromatic N) is 4. The highest BCUT2D eigenvalue weighted by atomic mass is 19.4. The fourth-order valence-electron chi connectivity index (χ4n) is 8.48. The Bertz CT molecular complexity index is 2450. The van der Waals surface area contributed by atoms with Crippen molar-refractivity contribution in [1.29, 1.82) is 0 Å². The molecule has 3 aliphatic heterocycles. The van der Waals surface area contributed by atoms with Gasteiger partial charge in [0.25, 0.3) is 11.8 Å². The third-order valence-electron chi connectivity index (χ3n) is 11.9. The molecule has 18 heteroatoms. The third-order valence-corrected chi connectivity index (χ3v) is 11.9. The molecule has 1 aromatic heterocycles. The van der Waals surface area contributed by atoms with Crippen LogP contribution in [0, 0.1) is 6.92 Å². The predicted octanol–water partition coefficient (Wildman–Crippen LogP) is 7.33. The van der Waals surface area contributed by atoms with Crippen molar-refractivity contribution in [3.8, 4) is 11.5 Å². The molecule has 0 aliphatic carbocycles. The third kappa shape index (κ3) is 10.5. The average Bonchev–Trinajstić information content (AvgIpc) is 3.82. The molecule has 2 saturated heterocycles. The Kier molecular flexibility index (Phi) is 13.9. The molecular formula is C46H53F3N8O7. The van der Waals surface area contributed by atoms with Crippen LogP contribution in [0.2, 0.25) is 0 Å². The van der Waals surface area contributed by atoms with E-state index < -0.39 is 47.5 Å². The number of nitrogens with two attached hydrogens (primary N) is 1. The van der Waals surface area contributed by atoms with Gasteiger partial charge in [0.05, 0.1) is 41.9 Å². The van der Waals surface area contributed by atoms with Gasteiger partial charge in [-0.25, -0.2) is 9.97 Å². The number of rotatable bonds is 18. The fraction of sp³-hybridized carbons (Fsp3) is 0.457. The molecule has 5 N–H and O–H groups in total. The first-order valence-corrected chi connectivity index (χ1v) is 21.7. The van der Waals surface area contributed by atoms with Crippen LogP contribution in [0.15, 0.2) is 48.5 Å². The van der Waals surface area contributed by atoms with Crippen molar-refractivity contribution in [3.05, 3.63) is 76.6 Å². The van der Waals surface area contributed by atoms with Crippen molar-refractivity contribution in [2.24, 2.45) is 0 Å². The molecule has 1 unspecified atom stereocenters. The Morgan fingerprint density at radius 3 is 2.39 bits per heavy atom. The largest absolute Gasteiger partial charge is 0.493 e. The Labute approximate surface area is 368 Å². The molecular weight excluding hydrogens is 834 g/mol. The number of fused-ring (bicyclic) bond motifs is 2. The van der Waals surface area contributed by atoms with Gasteiger partial charge in [0.15, 0.2) is 11.5 Å². The molecule has 2 fully saturated rings. The van der Waals surface area contributed by atoms with Gasteiger partial charge in [-0.3, -0.25) is 34.2 Å². The summed E-state index contributed by atoms with van der Waals surface area (Å²) in [6, 6.07) is 10.4. The summed E-state index contributed by atoms with van der Waals surface area (Å²) >= 11 is 0. The van der Waals surface area contributed by atoms with Crippen LogP contribution in [0.1, 0.15) is 121 Å². The van der Waals surface area contributed by atoms with Crippen molar-refractivity contribution in [3.63, 3.8) is 0 Å². The van der Waals surface area contributed by atoms with E-state index in [-0.39, 0.29) is 41.7 Å². The summed E-state index contributed by atoms with van der Waals surface area (Å²) in [5.74, 6) is -0.269. The summed E-state index contributed by atoms with van der Waals surface area (Å²) in [6.07, 6.45) is 3.23. The van der Waals surface area contributed by atoms with Crippen molar-refractivity contribution in [1.82, 2.24) is 25.1 Å². The Hall–Kier alpha value is -6.46. The Balaban J connectivity index is 0.816. The molecule has 0 spiro atoms. The molecule has 7 rings (SSSR count). The van der Waals surface area contributed by atoms with Crippen LogP contribution in [0.5, 0.6) is 11.5 Å². The first kappa shape index (κ1) is 45.6. The highest BCUT2D eigenvalue weighted by Gasteiger charge is 2.44. The van der Waals surface area contributed by atoms with Crippen molar-refractivity contribution in [2.75, 3.05) is 43.1 Å². The lowest BCUT2D eigenvalue weighted by Gasteiger charge is -2.27. The second-order valence-corrected chi connectivity index (χ2v) is 16.6. The fourth-order valence-corrected chi connectivity index (χ4v) is 8.48. The van der Waals surface area contributed by atoms with Crippen LogP contribution >= 0.6 is 0 Å². The molecule has 3 aliphatic rings. The minimum absolute atomic E-state index is 0.00243. The molecule has 3 atom stereocenters. The first-order chi connectivity index (χ1) is 30.6. The normalized spacial score (nSPS) is 18.0. The lowest BCUT2D eigenvalue weighted by molar-refractivity contribution is -0.138. The number of piperidine rings is 1. The summed E-state index contributed by atoms with van der Waals surface area (Å²) < 4.78 is 52.7. The summed E-state index contributed by atoms with van der Waals surface area (Å²) in [7, 11) is 1.53. The van der Waals surface area contributed by atoms with Gasteiger partial charge < -0.3 is 30.7 Å². The number of alkyl halides is 3. The number of likely N-dealkylation sites (tertiary alicyclic amines) is 1. The molecule has 4 aromatic rings. The molecule has 0 radical (unpaired) electrons. The van der Waals surface area contributed by atoms with E-state index in [4.69, 9.17) is 15.2 Å². The van der Waals surface area contributed by atoms with Gasteiger partial charge in [0.1, 0.15) is 23.8 Å². The number of carbonyl (C=O) groups is 5. The molecule has 3 aromatic carbocycles. The van der Waals surface area contributed by atoms with Crippen LogP contribution in [-0.2, 0) is 20.6 Å². The van der Waals surface area contributed by atoms with Gasteiger partial charge in [-0.1, -0.05) is 32.1 Å². The number of imide groups is 2. The van der Waals surface area contributed by atoms with Crippen LogP contribution in [0.25, 0.3) is 10.9 Å². The lowest BCUT2D eigenvalue weighted by Crippen LogP contribution is -2.54. The van der Waals surface area contributed by atoms with E-state index >= 15 is 0 Å². The van der Waals surface area contributed by atoms with E-state index in [0.717, 1.165) is 62.0 Å². The number of anilines is 3. The zero-order valence-corrected chi connectivity index (χ0v) is 36.1. The summed E-state index contributed by atoms with van der Waals surface area (Å²) in [5, 5.41) is 9.35. The van der Waals surface area contributed by atoms with Crippen molar-refractivity contribution in [2.45, 2.75) is 109 Å². The van der Waals surface area contributed by atoms with E-state index in [0.29, 0.717) is 77.8 Å². The number of aromatic nitrogens is 2. The van der Waals surface area contributed by atoms with E-state index in [1.54, 1.807) is 44.2 Å². The van der Waals surface area contributed by atoms with Crippen LogP contribution < -0.4 is 31.2 Å². The number of unbranched alkanes of at least 4 members (excludes halogenated alkanes) is 6. The van der Waals surface area contributed by atoms with Gasteiger partial charge in [-0.05, 0) is 81.1 Å². The topological polar surface area (TPSA) is 198 Å². The number of hydrogen-bond acceptors (Lipinski definition) is 12. The smallest absolute Gasteiger partial charge is 0.416 e. The van der Waals surface area contributed by atoms with E-state index in [1.165, 1.54) is 13.2 Å². The maximum atomic E-state index is 13.5. The number of nitrogen functional groups attached to an aromatic ring is 1. The lowest BCUT2D eigenvalue weighted by atomic mass is 10.0. The maximum Gasteiger partial charge on any atom is 0.416 e. The van der Waals surface area contributed by atoms with Gasteiger partial charge in [0.2, 0.25) is 17.7 Å². The zero-order valence-electron chi connectivity index (χ0n) is 36.1. The van der Waals surface area contributed by atoms with Crippen LogP contribution in [-0.4, -0.2) is 88.2 Å². The molecule has 0 saturated carbocycles. The highest BCUT2D eigenvalue weighted by molar-refractivity contribution is 6.23. The number of nitrogens with one attached hydrogen (secondary N) is 3. The molecule has 340 valence electrons. The second-order valence-electron chi connectivity index (χ2n) is 16.6. The van der Waals surface area contributed by atoms with Crippen molar-refractivity contribution < 1.29 is 46.6 Å². The Morgan fingerprint density at radius 1 is 0.922 bits per heavy atom. The summed E-state index contributed by atoms with van der Waals surface area (Å²) in [6.45, 7) is 5.14. The zero-order chi connectivity index (χ0) is 45.7. The van der Waals surface area contributed by atoms with Gasteiger partial charge in [-0.15, -0.1) is 0 Å². The highest BCUT2D eigenvalue weighted by Crippen LogP contribution is 2.38. The van der Waals surface area contributed by atoms with Crippen LogP contribution in [0.3, 0.4) is 0 Å². The van der Waals surface area contributed by atoms with E-state index in [1.807, 2.05) is 4.90 Å². The minimum atomic E-state index is -4.55. The number of carbonyl (C=O) groups excluding carboxylic acids is 5. The molecule has 15 nitrogen and oxygen atoms in total. The predicted molar refractivity (Wildman–Crippen MR) is 233 cm³/mol. The maximum absolute atomic E-state index is 13.5.